The number of pyridine rings is 1. The van der Waals surface area contributed by atoms with E-state index in [1.54, 1.807) is 6.20 Å². The van der Waals surface area contributed by atoms with E-state index in [4.69, 9.17) is 18.0 Å². The number of nitrogens with zero attached hydrogens (tertiary/aromatic N) is 1. The lowest BCUT2D eigenvalue weighted by molar-refractivity contribution is 1.27. The van der Waals surface area contributed by atoms with Crippen LogP contribution in [0.3, 0.4) is 0 Å². The van der Waals surface area contributed by atoms with Gasteiger partial charge in [0.15, 0.2) is 0 Å². The molecule has 0 amide bonds. The second-order valence-electron chi connectivity index (χ2n) is 4.34. The van der Waals surface area contributed by atoms with Crippen molar-refractivity contribution in [3.05, 3.63) is 51.8 Å². The highest BCUT2D eigenvalue weighted by Gasteiger charge is 2.05. The van der Waals surface area contributed by atoms with E-state index in [2.05, 4.69) is 52.2 Å². The molecule has 0 bridgehead atoms. The Morgan fingerprint density at radius 2 is 1.89 bits per heavy atom. The average Bonchev–Trinajstić information content (AvgIpc) is 2.34. The monoisotopic (exact) mass is 335 g/mol. The molecule has 0 aliphatic heterocycles. The molecule has 0 saturated heterocycles. The van der Waals surface area contributed by atoms with Crippen molar-refractivity contribution < 1.29 is 0 Å². The number of halogens is 1. The van der Waals surface area contributed by atoms with Gasteiger partial charge in [0, 0.05) is 10.2 Å². The van der Waals surface area contributed by atoms with Crippen LogP contribution in [0.15, 0.2) is 34.9 Å². The summed E-state index contributed by atoms with van der Waals surface area (Å²) >= 11 is 8.37. The van der Waals surface area contributed by atoms with E-state index in [0.717, 1.165) is 15.8 Å². The van der Waals surface area contributed by atoms with Crippen molar-refractivity contribution in [2.45, 2.75) is 13.8 Å². The summed E-state index contributed by atoms with van der Waals surface area (Å²) in [6.07, 6.45) is 1.73. The molecule has 3 nitrogen and oxygen atoms in total. The summed E-state index contributed by atoms with van der Waals surface area (Å²) in [4.78, 5) is 4.52. The standard InChI is InChI=1S/C14H14BrN3S/c1-8-5-10(15)6-9(2)13(8)18-11-3-4-12(14(16)19)17-7-11/h3-7,18H,1-2H3,(H2,16,19). The van der Waals surface area contributed by atoms with E-state index >= 15 is 0 Å². The fourth-order valence-electron chi connectivity index (χ4n) is 1.87. The van der Waals surface area contributed by atoms with Crippen molar-refractivity contribution in [1.29, 1.82) is 0 Å². The first-order chi connectivity index (χ1) is 8.97. The minimum atomic E-state index is 0.308. The molecule has 3 N–H and O–H groups in total. The van der Waals surface area contributed by atoms with Gasteiger partial charge in [-0.1, -0.05) is 28.1 Å². The molecule has 19 heavy (non-hydrogen) atoms. The number of aryl methyl sites for hydroxylation is 2. The van der Waals surface area contributed by atoms with Crippen LogP contribution in [0.4, 0.5) is 11.4 Å². The number of nitrogens with one attached hydrogen (secondary N) is 1. The number of hydrogen-bond acceptors (Lipinski definition) is 3. The molecule has 0 aliphatic rings. The van der Waals surface area contributed by atoms with Gasteiger partial charge in [0.25, 0.3) is 0 Å². The maximum Gasteiger partial charge on any atom is 0.122 e. The van der Waals surface area contributed by atoms with Crippen LogP contribution in [0.5, 0.6) is 0 Å². The Bertz CT molecular complexity index is 600. The van der Waals surface area contributed by atoms with Gasteiger partial charge in [-0.25, -0.2) is 0 Å². The first kappa shape index (κ1) is 14.0. The number of anilines is 2. The number of thiocarbonyl (C=S) groups is 1. The van der Waals surface area contributed by atoms with Gasteiger partial charge in [-0.3, -0.25) is 4.98 Å². The lowest BCUT2D eigenvalue weighted by atomic mass is 10.1. The SMILES string of the molecule is Cc1cc(Br)cc(C)c1Nc1ccc(C(N)=S)nc1. The normalized spacial score (nSPS) is 10.3. The lowest BCUT2D eigenvalue weighted by Crippen LogP contribution is -2.11. The van der Waals surface area contributed by atoms with Gasteiger partial charge in [0.2, 0.25) is 0 Å². The van der Waals surface area contributed by atoms with Gasteiger partial charge in [-0.15, -0.1) is 0 Å². The third-order valence-electron chi connectivity index (χ3n) is 2.78. The largest absolute Gasteiger partial charge is 0.388 e. The van der Waals surface area contributed by atoms with Crippen LogP contribution in [-0.4, -0.2) is 9.97 Å². The number of nitrogens with two attached hydrogens (primary N) is 1. The zero-order valence-corrected chi connectivity index (χ0v) is 13.1. The van der Waals surface area contributed by atoms with Crippen LogP contribution in [0.1, 0.15) is 16.8 Å². The van der Waals surface area contributed by atoms with E-state index in [0.29, 0.717) is 10.7 Å². The molecule has 1 heterocycles. The van der Waals surface area contributed by atoms with Gasteiger partial charge < -0.3 is 11.1 Å². The van der Waals surface area contributed by atoms with Crippen LogP contribution >= 0.6 is 28.1 Å². The Labute approximate surface area is 126 Å². The Hall–Kier alpha value is -1.46. The van der Waals surface area contributed by atoms with Crippen molar-refractivity contribution in [2.24, 2.45) is 5.73 Å². The summed E-state index contributed by atoms with van der Waals surface area (Å²) in [6.45, 7) is 4.13. The van der Waals surface area contributed by atoms with Crippen molar-refractivity contribution in [3.63, 3.8) is 0 Å². The van der Waals surface area contributed by atoms with E-state index < -0.39 is 0 Å². The lowest BCUT2D eigenvalue weighted by Gasteiger charge is -2.13. The number of aromatic nitrogens is 1. The summed E-state index contributed by atoms with van der Waals surface area (Å²) in [5.41, 5.74) is 10.5. The molecule has 1 aromatic heterocycles. The van der Waals surface area contributed by atoms with Crippen molar-refractivity contribution in [3.8, 4) is 0 Å². The predicted molar refractivity (Wildman–Crippen MR) is 87.0 cm³/mol. The molecular weight excluding hydrogens is 322 g/mol. The van der Waals surface area contributed by atoms with Gasteiger partial charge >= 0.3 is 0 Å². The summed E-state index contributed by atoms with van der Waals surface area (Å²) in [5.74, 6) is 0. The van der Waals surface area contributed by atoms with Crippen LogP contribution in [0, 0.1) is 13.8 Å². The molecule has 2 aromatic rings. The number of hydrogen-bond donors (Lipinski definition) is 2. The van der Waals surface area contributed by atoms with Crippen LogP contribution in [0.25, 0.3) is 0 Å². The Kier molecular flexibility index (Phi) is 4.17. The summed E-state index contributed by atoms with van der Waals surface area (Å²) in [6, 6.07) is 7.88. The van der Waals surface area contributed by atoms with E-state index in [-0.39, 0.29) is 0 Å². The fraction of sp³-hybridized carbons (Fsp3) is 0.143. The minimum Gasteiger partial charge on any atom is -0.388 e. The summed E-state index contributed by atoms with van der Waals surface area (Å²) in [5, 5.41) is 3.37. The molecule has 0 aliphatic carbocycles. The number of benzene rings is 1. The minimum absolute atomic E-state index is 0.308. The first-order valence-corrected chi connectivity index (χ1v) is 6.97. The molecule has 0 atom stereocenters. The third kappa shape index (κ3) is 3.30. The summed E-state index contributed by atoms with van der Waals surface area (Å²) in [7, 11) is 0. The maximum atomic E-state index is 5.52. The summed E-state index contributed by atoms with van der Waals surface area (Å²) < 4.78 is 1.08. The van der Waals surface area contributed by atoms with Crippen molar-refractivity contribution in [1.82, 2.24) is 4.98 Å². The van der Waals surface area contributed by atoms with Crippen molar-refractivity contribution >= 4 is 44.5 Å². The molecule has 0 fully saturated rings. The zero-order chi connectivity index (χ0) is 14.0. The van der Waals surface area contributed by atoms with Gasteiger partial charge in [0.05, 0.1) is 17.6 Å². The average molecular weight is 336 g/mol. The molecule has 2 rings (SSSR count). The molecule has 0 radical (unpaired) electrons. The second-order valence-corrected chi connectivity index (χ2v) is 5.69. The molecule has 5 heteroatoms. The quantitative estimate of drug-likeness (QED) is 0.836. The van der Waals surface area contributed by atoms with Gasteiger partial charge in [-0.2, -0.15) is 0 Å². The van der Waals surface area contributed by atoms with Crippen LogP contribution in [0.2, 0.25) is 0 Å². The third-order valence-corrected chi connectivity index (χ3v) is 3.45. The second kappa shape index (κ2) is 5.67. The molecular formula is C14H14BrN3S. The van der Waals surface area contributed by atoms with Gasteiger partial charge in [-0.05, 0) is 49.2 Å². The molecule has 1 aromatic carbocycles. The molecule has 0 spiro atoms. The Balaban J connectivity index is 2.29. The highest BCUT2D eigenvalue weighted by Crippen LogP contribution is 2.27. The van der Waals surface area contributed by atoms with E-state index in [9.17, 15) is 0 Å². The Morgan fingerprint density at radius 1 is 1.26 bits per heavy atom. The predicted octanol–water partition coefficient (Wildman–Crippen LogP) is 3.84. The van der Waals surface area contributed by atoms with Gasteiger partial charge in [0.1, 0.15) is 4.99 Å². The smallest absolute Gasteiger partial charge is 0.122 e. The zero-order valence-electron chi connectivity index (χ0n) is 10.7. The fourth-order valence-corrected chi connectivity index (χ4v) is 2.67. The highest BCUT2D eigenvalue weighted by atomic mass is 79.9. The van der Waals surface area contributed by atoms with Crippen molar-refractivity contribution in [2.75, 3.05) is 5.32 Å². The molecule has 0 unspecified atom stereocenters. The maximum absolute atomic E-state index is 5.52. The van der Waals surface area contributed by atoms with E-state index in [1.807, 2.05) is 12.1 Å². The topological polar surface area (TPSA) is 50.9 Å². The van der Waals surface area contributed by atoms with Crippen LogP contribution < -0.4 is 11.1 Å². The van der Waals surface area contributed by atoms with Crippen LogP contribution in [-0.2, 0) is 0 Å². The van der Waals surface area contributed by atoms with E-state index in [1.165, 1.54) is 11.1 Å². The highest BCUT2D eigenvalue weighted by molar-refractivity contribution is 9.10. The Morgan fingerprint density at radius 3 is 2.37 bits per heavy atom. The number of rotatable bonds is 3. The molecule has 0 saturated carbocycles. The molecule has 98 valence electrons. The first-order valence-electron chi connectivity index (χ1n) is 5.77.